The second kappa shape index (κ2) is 8.05. The molecule has 1 amide bonds. The Bertz CT molecular complexity index is 987. The molecule has 0 atom stereocenters. The molecule has 2 N–H and O–H groups in total. The van der Waals surface area contributed by atoms with Crippen molar-refractivity contribution in [3.63, 3.8) is 0 Å². The van der Waals surface area contributed by atoms with E-state index in [9.17, 15) is 13.2 Å². The van der Waals surface area contributed by atoms with Gasteiger partial charge in [0, 0.05) is 16.8 Å². The van der Waals surface area contributed by atoms with Crippen LogP contribution in [0, 0.1) is 13.8 Å². The molecule has 0 unspecified atom stereocenters. The van der Waals surface area contributed by atoms with Crippen LogP contribution in [0.3, 0.4) is 0 Å². The van der Waals surface area contributed by atoms with Crippen molar-refractivity contribution in [3.8, 4) is 0 Å². The lowest BCUT2D eigenvalue weighted by atomic mass is 9.97. The predicted molar refractivity (Wildman–Crippen MR) is 114 cm³/mol. The van der Waals surface area contributed by atoms with Crippen molar-refractivity contribution < 1.29 is 13.2 Å². The lowest BCUT2D eigenvalue weighted by Gasteiger charge is -2.21. The summed E-state index contributed by atoms with van der Waals surface area (Å²) in [7, 11) is -3.72. The average molecular weight is 403 g/mol. The maximum Gasteiger partial charge on any atom is 0.255 e. The molecule has 0 bridgehead atoms. The summed E-state index contributed by atoms with van der Waals surface area (Å²) in [6, 6.07) is 10.5. The van der Waals surface area contributed by atoms with Crippen LogP contribution in [-0.2, 0) is 10.0 Å². The fourth-order valence-electron chi connectivity index (χ4n) is 3.00. The van der Waals surface area contributed by atoms with E-state index in [1.54, 1.807) is 33.8 Å². The van der Waals surface area contributed by atoms with E-state index >= 15 is 0 Å². The number of nitrogens with one attached hydrogen (secondary N) is 2. The molecule has 2 rings (SSSR count). The first kappa shape index (κ1) is 22.1. The monoisotopic (exact) mass is 402 g/mol. The third-order valence-corrected chi connectivity index (χ3v) is 6.13. The Balaban J connectivity index is 2.43. The van der Waals surface area contributed by atoms with Crippen LogP contribution in [0.15, 0.2) is 41.3 Å². The fourth-order valence-corrected chi connectivity index (χ4v) is 4.44. The third kappa shape index (κ3) is 5.20. The van der Waals surface area contributed by atoms with Crippen molar-refractivity contribution in [2.75, 3.05) is 5.32 Å². The maximum atomic E-state index is 13.0. The molecule has 0 heterocycles. The normalized spacial score (nSPS) is 12.3. The number of benzene rings is 2. The van der Waals surface area contributed by atoms with Crippen LogP contribution in [-0.4, -0.2) is 19.9 Å². The van der Waals surface area contributed by atoms with Gasteiger partial charge in [-0.2, -0.15) is 0 Å². The number of para-hydroxylation sites is 1. The number of aryl methyl sites for hydroxylation is 2. The molecule has 152 valence electrons. The standard InChI is InChI=1S/C22H30N2O3S/c1-14(2)18-10-8-9-16(4)20(18)23-21(25)19-13-17(12-11-15(19)3)28(26,27)24-22(5,6)7/h8-14,24H,1-7H3,(H,23,25). The van der Waals surface area contributed by atoms with Crippen LogP contribution < -0.4 is 10.0 Å². The van der Waals surface area contributed by atoms with Gasteiger partial charge in [-0.15, -0.1) is 0 Å². The second-order valence-electron chi connectivity index (χ2n) is 8.48. The molecule has 0 radical (unpaired) electrons. The Morgan fingerprint density at radius 2 is 1.64 bits per heavy atom. The summed E-state index contributed by atoms with van der Waals surface area (Å²) in [5.41, 5.74) is 3.24. The van der Waals surface area contributed by atoms with Crippen LogP contribution in [0.25, 0.3) is 0 Å². The van der Waals surface area contributed by atoms with Crippen LogP contribution in [0.4, 0.5) is 5.69 Å². The second-order valence-corrected chi connectivity index (χ2v) is 10.2. The van der Waals surface area contributed by atoms with E-state index in [4.69, 9.17) is 0 Å². The van der Waals surface area contributed by atoms with Crippen molar-refractivity contribution in [1.82, 2.24) is 4.72 Å². The number of carbonyl (C=O) groups excluding carboxylic acids is 1. The summed E-state index contributed by atoms with van der Waals surface area (Å²) in [6.45, 7) is 13.2. The van der Waals surface area contributed by atoms with Gasteiger partial charge in [0.1, 0.15) is 0 Å². The molecule has 0 saturated heterocycles. The average Bonchev–Trinajstić information content (AvgIpc) is 2.54. The Morgan fingerprint density at radius 1 is 1.00 bits per heavy atom. The third-order valence-electron chi connectivity index (χ3n) is 4.37. The van der Waals surface area contributed by atoms with E-state index in [0.717, 1.165) is 16.8 Å². The SMILES string of the molecule is Cc1ccc(S(=O)(=O)NC(C)(C)C)cc1C(=O)Nc1c(C)cccc1C(C)C. The zero-order valence-corrected chi connectivity index (χ0v) is 18.5. The van der Waals surface area contributed by atoms with Gasteiger partial charge in [0.05, 0.1) is 4.90 Å². The van der Waals surface area contributed by atoms with Crippen LogP contribution >= 0.6 is 0 Å². The Kier molecular flexibility index (Phi) is 6.36. The highest BCUT2D eigenvalue weighted by atomic mass is 32.2. The summed E-state index contributed by atoms with van der Waals surface area (Å²) in [5.74, 6) is -0.0690. The Labute approximate surface area is 168 Å². The van der Waals surface area contributed by atoms with E-state index in [1.807, 2.05) is 25.1 Å². The number of hydrogen-bond donors (Lipinski definition) is 2. The van der Waals surface area contributed by atoms with Crippen molar-refractivity contribution >= 4 is 21.6 Å². The Hall–Kier alpha value is -2.18. The molecule has 0 aliphatic rings. The number of carbonyl (C=O) groups is 1. The summed E-state index contributed by atoms with van der Waals surface area (Å²) >= 11 is 0. The van der Waals surface area contributed by atoms with E-state index in [1.165, 1.54) is 12.1 Å². The summed E-state index contributed by atoms with van der Waals surface area (Å²) in [4.78, 5) is 13.1. The molecule has 0 fully saturated rings. The van der Waals surface area contributed by atoms with Crippen molar-refractivity contribution in [2.45, 2.75) is 64.8 Å². The number of amides is 1. The highest BCUT2D eigenvalue weighted by Gasteiger charge is 2.24. The molecular weight excluding hydrogens is 372 g/mol. The first-order valence-electron chi connectivity index (χ1n) is 9.37. The van der Waals surface area contributed by atoms with Crippen molar-refractivity contribution in [2.24, 2.45) is 0 Å². The highest BCUT2D eigenvalue weighted by molar-refractivity contribution is 7.89. The van der Waals surface area contributed by atoms with E-state index in [0.29, 0.717) is 11.1 Å². The lowest BCUT2D eigenvalue weighted by Crippen LogP contribution is -2.40. The fraction of sp³-hybridized carbons (Fsp3) is 0.409. The number of sulfonamides is 1. The molecule has 0 saturated carbocycles. The predicted octanol–water partition coefficient (Wildman–Crippen LogP) is 4.76. The van der Waals surface area contributed by atoms with E-state index in [2.05, 4.69) is 23.9 Å². The van der Waals surface area contributed by atoms with Gasteiger partial charge < -0.3 is 5.32 Å². The number of hydrogen-bond acceptors (Lipinski definition) is 3. The van der Waals surface area contributed by atoms with Gasteiger partial charge in [-0.25, -0.2) is 13.1 Å². The van der Waals surface area contributed by atoms with E-state index < -0.39 is 15.6 Å². The molecule has 5 nitrogen and oxygen atoms in total. The summed E-state index contributed by atoms with van der Waals surface area (Å²) < 4.78 is 27.9. The largest absolute Gasteiger partial charge is 0.321 e. The first-order valence-corrected chi connectivity index (χ1v) is 10.9. The molecule has 2 aromatic carbocycles. The van der Waals surface area contributed by atoms with Gasteiger partial charge in [-0.1, -0.05) is 38.1 Å². The molecular formula is C22H30N2O3S. The maximum absolute atomic E-state index is 13.0. The minimum Gasteiger partial charge on any atom is -0.321 e. The van der Waals surface area contributed by atoms with Crippen LogP contribution in [0.1, 0.15) is 67.6 Å². The zero-order chi connectivity index (χ0) is 21.3. The van der Waals surface area contributed by atoms with Gasteiger partial charge >= 0.3 is 0 Å². The topological polar surface area (TPSA) is 75.3 Å². The number of anilines is 1. The van der Waals surface area contributed by atoms with Gasteiger partial charge in [0.15, 0.2) is 0 Å². The zero-order valence-electron chi connectivity index (χ0n) is 17.7. The lowest BCUT2D eigenvalue weighted by molar-refractivity contribution is 0.102. The smallest absolute Gasteiger partial charge is 0.255 e. The minimum absolute atomic E-state index is 0.0760. The minimum atomic E-state index is -3.72. The molecule has 0 aliphatic carbocycles. The number of rotatable bonds is 5. The van der Waals surface area contributed by atoms with Gasteiger partial charge in [-0.3, -0.25) is 4.79 Å². The quantitative estimate of drug-likeness (QED) is 0.757. The van der Waals surface area contributed by atoms with Gasteiger partial charge in [0.25, 0.3) is 5.91 Å². The molecule has 6 heteroatoms. The van der Waals surface area contributed by atoms with Gasteiger partial charge in [-0.05, 0) is 69.4 Å². The Morgan fingerprint density at radius 3 is 2.21 bits per heavy atom. The molecule has 0 aliphatic heterocycles. The van der Waals surface area contributed by atoms with Crippen LogP contribution in [0.5, 0.6) is 0 Å². The first-order chi connectivity index (χ1) is 12.8. The van der Waals surface area contributed by atoms with E-state index in [-0.39, 0.29) is 16.7 Å². The molecule has 2 aromatic rings. The van der Waals surface area contributed by atoms with Crippen molar-refractivity contribution in [3.05, 3.63) is 58.7 Å². The summed E-state index contributed by atoms with van der Waals surface area (Å²) in [6.07, 6.45) is 0. The summed E-state index contributed by atoms with van der Waals surface area (Å²) in [5, 5.41) is 2.99. The van der Waals surface area contributed by atoms with Crippen LogP contribution in [0.2, 0.25) is 0 Å². The molecule has 0 spiro atoms. The highest BCUT2D eigenvalue weighted by Crippen LogP contribution is 2.28. The molecule has 0 aromatic heterocycles. The molecule has 28 heavy (non-hydrogen) atoms. The van der Waals surface area contributed by atoms with Crippen molar-refractivity contribution in [1.29, 1.82) is 0 Å². The van der Waals surface area contributed by atoms with Gasteiger partial charge in [0.2, 0.25) is 10.0 Å².